The maximum atomic E-state index is 12.7. The largest absolute Gasteiger partial charge is 0.349 e. The highest BCUT2D eigenvalue weighted by Crippen LogP contribution is 2.33. The van der Waals surface area contributed by atoms with E-state index in [2.05, 4.69) is 26.9 Å². The fourth-order valence-corrected chi connectivity index (χ4v) is 2.76. The Morgan fingerprint density at radius 3 is 2.72 bits per heavy atom. The van der Waals surface area contributed by atoms with Crippen LogP contribution in [0.25, 0.3) is 0 Å². The zero-order valence-corrected chi connectivity index (χ0v) is 14.1. The van der Waals surface area contributed by atoms with Crippen molar-refractivity contribution < 1.29 is 9.59 Å². The van der Waals surface area contributed by atoms with Gasteiger partial charge in [0.2, 0.25) is 0 Å². The number of rotatable bonds is 5. The molecule has 2 amide bonds. The van der Waals surface area contributed by atoms with E-state index < -0.39 is 5.91 Å². The molecule has 128 valence electrons. The number of aromatic nitrogens is 2. The molecule has 0 aliphatic heterocycles. The van der Waals surface area contributed by atoms with Crippen LogP contribution >= 0.6 is 0 Å². The van der Waals surface area contributed by atoms with Gasteiger partial charge in [0.15, 0.2) is 0 Å². The molecule has 7 nitrogen and oxygen atoms in total. The second kappa shape index (κ2) is 6.77. The van der Waals surface area contributed by atoms with Crippen LogP contribution in [0, 0.1) is 24.2 Å². The van der Waals surface area contributed by atoms with Crippen LogP contribution in [0.15, 0.2) is 24.4 Å². The van der Waals surface area contributed by atoms with Gasteiger partial charge in [-0.05, 0) is 56.4 Å². The predicted octanol–water partition coefficient (Wildman–Crippen LogP) is 2.37. The molecule has 1 heterocycles. The number of aromatic amines is 1. The maximum absolute atomic E-state index is 12.7. The molecule has 1 aromatic heterocycles. The van der Waals surface area contributed by atoms with E-state index in [0.29, 0.717) is 28.4 Å². The van der Waals surface area contributed by atoms with E-state index in [9.17, 15) is 14.9 Å². The van der Waals surface area contributed by atoms with Crippen molar-refractivity contribution in [2.75, 3.05) is 5.32 Å². The van der Waals surface area contributed by atoms with Crippen molar-refractivity contribution in [3.8, 4) is 6.07 Å². The number of nitrogens with one attached hydrogen (secondary N) is 3. The number of carbonyl (C=O) groups is 2. The number of benzene rings is 1. The molecule has 3 N–H and O–H groups in total. The van der Waals surface area contributed by atoms with E-state index in [1.54, 1.807) is 19.1 Å². The molecule has 1 unspecified atom stereocenters. The molecule has 1 aliphatic carbocycles. The monoisotopic (exact) mass is 337 g/mol. The number of hydrogen-bond donors (Lipinski definition) is 3. The Morgan fingerprint density at radius 2 is 2.12 bits per heavy atom. The second-order valence-corrected chi connectivity index (χ2v) is 6.35. The Bertz CT molecular complexity index is 847. The number of anilines is 1. The van der Waals surface area contributed by atoms with Crippen molar-refractivity contribution >= 4 is 17.5 Å². The standard InChI is InChI=1S/C18H19N5O2/c1-10-7-12(9-19)8-14(17(24)21-11(2)13-3-4-13)16(10)22-18(25)15-5-6-20-23-15/h5-8,11,13H,3-4H2,1-2H3,(H,20,23)(H,21,24)(H,22,25). The average molecular weight is 337 g/mol. The summed E-state index contributed by atoms with van der Waals surface area (Å²) in [5, 5.41) is 21.2. The molecule has 1 aliphatic rings. The third-order valence-electron chi connectivity index (χ3n) is 4.38. The molecule has 2 aromatic rings. The van der Waals surface area contributed by atoms with E-state index in [0.717, 1.165) is 12.8 Å². The first-order valence-electron chi connectivity index (χ1n) is 8.16. The number of aryl methyl sites for hydroxylation is 1. The molecule has 0 saturated heterocycles. The van der Waals surface area contributed by atoms with E-state index in [4.69, 9.17) is 0 Å². The van der Waals surface area contributed by atoms with Crippen molar-refractivity contribution in [2.45, 2.75) is 32.7 Å². The van der Waals surface area contributed by atoms with Gasteiger partial charge in [-0.25, -0.2) is 0 Å². The van der Waals surface area contributed by atoms with Crippen LogP contribution < -0.4 is 10.6 Å². The van der Waals surface area contributed by atoms with Crippen molar-refractivity contribution in [3.05, 3.63) is 46.8 Å². The molecular weight excluding hydrogens is 318 g/mol. The van der Waals surface area contributed by atoms with Gasteiger partial charge < -0.3 is 10.6 Å². The van der Waals surface area contributed by atoms with Crippen molar-refractivity contribution in [1.29, 1.82) is 5.26 Å². The lowest BCUT2D eigenvalue weighted by molar-refractivity contribution is 0.0936. The zero-order valence-electron chi connectivity index (χ0n) is 14.1. The lowest BCUT2D eigenvalue weighted by Crippen LogP contribution is -2.34. The van der Waals surface area contributed by atoms with Crippen molar-refractivity contribution in [2.24, 2.45) is 5.92 Å². The number of hydrogen-bond acceptors (Lipinski definition) is 4. The third-order valence-corrected chi connectivity index (χ3v) is 4.38. The average Bonchev–Trinajstić information content (AvgIpc) is 3.30. The van der Waals surface area contributed by atoms with Crippen LogP contribution in [0.1, 0.15) is 51.7 Å². The van der Waals surface area contributed by atoms with Crippen LogP contribution in [0.2, 0.25) is 0 Å². The minimum absolute atomic E-state index is 0.0645. The Labute approximate surface area is 145 Å². The van der Waals surface area contributed by atoms with E-state index in [1.807, 2.05) is 6.92 Å². The summed E-state index contributed by atoms with van der Waals surface area (Å²) in [4.78, 5) is 25.0. The Hall–Kier alpha value is -3.14. The summed E-state index contributed by atoms with van der Waals surface area (Å²) in [5.74, 6) is -0.179. The van der Waals surface area contributed by atoms with Crippen molar-refractivity contribution in [3.63, 3.8) is 0 Å². The lowest BCUT2D eigenvalue weighted by Gasteiger charge is -2.17. The van der Waals surface area contributed by atoms with Crippen LogP contribution in [0.3, 0.4) is 0 Å². The molecule has 1 atom stereocenters. The number of carbonyl (C=O) groups excluding carboxylic acids is 2. The van der Waals surface area contributed by atoms with E-state index >= 15 is 0 Å². The van der Waals surface area contributed by atoms with E-state index in [-0.39, 0.29) is 17.5 Å². The molecule has 1 saturated carbocycles. The van der Waals surface area contributed by atoms with Gasteiger partial charge in [-0.1, -0.05) is 0 Å². The fourth-order valence-electron chi connectivity index (χ4n) is 2.76. The fraction of sp³-hybridized carbons (Fsp3) is 0.333. The van der Waals surface area contributed by atoms with Crippen LogP contribution in [-0.4, -0.2) is 28.1 Å². The van der Waals surface area contributed by atoms with Crippen LogP contribution in [0.4, 0.5) is 5.69 Å². The van der Waals surface area contributed by atoms with Gasteiger partial charge in [-0.3, -0.25) is 14.7 Å². The zero-order chi connectivity index (χ0) is 18.0. The number of H-pyrrole nitrogens is 1. The summed E-state index contributed by atoms with van der Waals surface area (Å²) in [6, 6.07) is 6.81. The topological polar surface area (TPSA) is 111 Å². The molecular formula is C18H19N5O2. The van der Waals surface area contributed by atoms with Gasteiger partial charge in [0.1, 0.15) is 5.69 Å². The molecule has 0 bridgehead atoms. The van der Waals surface area contributed by atoms with Crippen LogP contribution in [0.5, 0.6) is 0 Å². The minimum atomic E-state index is -0.394. The van der Waals surface area contributed by atoms with Crippen LogP contribution in [-0.2, 0) is 0 Å². The van der Waals surface area contributed by atoms with Gasteiger partial charge in [0, 0.05) is 12.2 Å². The summed E-state index contributed by atoms with van der Waals surface area (Å²) >= 11 is 0. The summed E-state index contributed by atoms with van der Waals surface area (Å²) in [5.41, 5.74) is 2.01. The molecule has 25 heavy (non-hydrogen) atoms. The maximum Gasteiger partial charge on any atom is 0.273 e. The Morgan fingerprint density at radius 1 is 1.36 bits per heavy atom. The summed E-state index contributed by atoms with van der Waals surface area (Å²) in [6.07, 6.45) is 3.70. The molecule has 0 spiro atoms. The second-order valence-electron chi connectivity index (χ2n) is 6.35. The van der Waals surface area contributed by atoms with E-state index in [1.165, 1.54) is 12.3 Å². The lowest BCUT2D eigenvalue weighted by atomic mass is 10.0. The quantitative estimate of drug-likeness (QED) is 0.777. The minimum Gasteiger partial charge on any atom is -0.349 e. The molecule has 7 heteroatoms. The summed E-state index contributed by atoms with van der Waals surface area (Å²) in [6.45, 7) is 3.73. The van der Waals surface area contributed by atoms with Gasteiger partial charge in [0.25, 0.3) is 11.8 Å². The smallest absolute Gasteiger partial charge is 0.273 e. The molecule has 0 radical (unpaired) electrons. The SMILES string of the molecule is Cc1cc(C#N)cc(C(=O)NC(C)C2CC2)c1NC(=O)c1ccn[nH]1. The first-order valence-corrected chi connectivity index (χ1v) is 8.16. The van der Waals surface area contributed by atoms with Gasteiger partial charge in [0.05, 0.1) is 22.9 Å². The molecule has 1 aromatic carbocycles. The first kappa shape index (κ1) is 16.7. The number of amides is 2. The van der Waals surface area contributed by atoms with Crippen molar-refractivity contribution in [1.82, 2.24) is 15.5 Å². The Kier molecular flexibility index (Phi) is 4.52. The van der Waals surface area contributed by atoms with Gasteiger partial charge in [-0.15, -0.1) is 0 Å². The predicted molar refractivity (Wildman–Crippen MR) is 92.1 cm³/mol. The highest BCUT2D eigenvalue weighted by Gasteiger charge is 2.30. The first-order chi connectivity index (χ1) is 12.0. The normalized spacial score (nSPS) is 14.4. The van der Waals surface area contributed by atoms with Gasteiger partial charge >= 0.3 is 0 Å². The molecule has 3 rings (SSSR count). The third kappa shape index (κ3) is 3.69. The summed E-state index contributed by atoms with van der Waals surface area (Å²) < 4.78 is 0. The summed E-state index contributed by atoms with van der Waals surface area (Å²) in [7, 11) is 0. The number of nitriles is 1. The number of nitrogens with zero attached hydrogens (tertiary/aromatic N) is 2. The van der Waals surface area contributed by atoms with Gasteiger partial charge in [-0.2, -0.15) is 10.4 Å². The highest BCUT2D eigenvalue weighted by molar-refractivity contribution is 6.09. The molecule has 1 fully saturated rings. The highest BCUT2D eigenvalue weighted by atomic mass is 16.2. The Balaban J connectivity index is 1.91.